The van der Waals surface area contributed by atoms with Crippen molar-refractivity contribution in [2.45, 2.75) is 33.6 Å². The third kappa shape index (κ3) is 3.15. The summed E-state index contributed by atoms with van der Waals surface area (Å²) in [6, 6.07) is 3.72. The maximum atomic E-state index is 5.53. The summed E-state index contributed by atoms with van der Waals surface area (Å²) >= 11 is 3.30. The Kier molecular flexibility index (Phi) is 4.58. The fraction of sp³-hybridized carbons (Fsp3) is 0.429. The van der Waals surface area contributed by atoms with E-state index in [-0.39, 0.29) is 0 Å². The molecule has 0 radical (unpaired) electrons. The van der Waals surface area contributed by atoms with Gasteiger partial charge in [-0.15, -0.1) is 0 Å². The van der Waals surface area contributed by atoms with Gasteiger partial charge in [0.05, 0.1) is 0 Å². The van der Waals surface area contributed by atoms with Crippen molar-refractivity contribution >= 4 is 21.7 Å². The van der Waals surface area contributed by atoms with Gasteiger partial charge in [-0.2, -0.15) is 0 Å². The van der Waals surface area contributed by atoms with Crippen LogP contribution in [-0.2, 0) is 6.42 Å². The summed E-state index contributed by atoms with van der Waals surface area (Å²) in [6.07, 6.45) is 1.94. The maximum absolute atomic E-state index is 5.53. The van der Waals surface area contributed by atoms with Crippen molar-refractivity contribution in [3.63, 3.8) is 0 Å². The van der Waals surface area contributed by atoms with Gasteiger partial charge in [-0.25, -0.2) is 9.97 Å². The zero-order valence-electron chi connectivity index (χ0n) is 11.5. The molecule has 0 amide bonds. The Morgan fingerprint density at radius 3 is 2.63 bits per heavy atom. The number of hydrogen-bond acceptors (Lipinski definition) is 4. The summed E-state index contributed by atoms with van der Waals surface area (Å²) < 4.78 is 6.22. The number of rotatable bonds is 5. The quantitative estimate of drug-likeness (QED) is 0.896. The number of aryl methyl sites for hydroxylation is 1. The number of nitrogens with zero attached hydrogens (tertiary/aromatic N) is 2. The van der Waals surface area contributed by atoms with E-state index in [1.165, 1.54) is 0 Å². The van der Waals surface area contributed by atoms with E-state index in [1.54, 1.807) is 0 Å². The topological polar surface area (TPSA) is 51.0 Å². The highest BCUT2D eigenvalue weighted by Gasteiger charge is 2.13. The standard InChI is InChI=1S/C14H18BrN3O/c1-4-8-16-13-9(3)10(5-2)17-14(18-13)11-6-7-12(15)19-11/h6-7H,4-5,8H2,1-3H3,(H,16,17,18). The predicted molar refractivity (Wildman–Crippen MR) is 80.3 cm³/mol. The van der Waals surface area contributed by atoms with Crippen LogP contribution >= 0.6 is 15.9 Å². The first-order chi connectivity index (χ1) is 9.15. The number of aromatic nitrogens is 2. The first-order valence-corrected chi connectivity index (χ1v) is 7.32. The second-order valence-electron chi connectivity index (χ2n) is 4.35. The third-order valence-electron chi connectivity index (χ3n) is 2.92. The van der Waals surface area contributed by atoms with Crippen LogP contribution in [0.15, 0.2) is 21.2 Å². The Hall–Kier alpha value is -1.36. The molecule has 0 fully saturated rings. The molecule has 19 heavy (non-hydrogen) atoms. The molecule has 0 saturated heterocycles. The van der Waals surface area contributed by atoms with E-state index in [2.05, 4.69) is 52.0 Å². The first kappa shape index (κ1) is 14.1. The summed E-state index contributed by atoms with van der Waals surface area (Å²) in [6.45, 7) is 7.19. The second-order valence-corrected chi connectivity index (χ2v) is 5.13. The number of nitrogens with one attached hydrogen (secondary N) is 1. The molecule has 0 aliphatic carbocycles. The lowest BCUT2D eigenvalue weighted by Gasteiger charge is -2.12. The van der Waals surface area contributed by atoms with Crippen LogP contribution < -0.4 is 5.32 Å². The average molecular weight is 324 g/mol. The van der Waals surface area contributed by atoms with Crippen molar-refractivity contribution in [3.05, 3.63) is 28.1 Å². The minimum Gasteiger partial charge on any atom is -0.446 e. The summed E-state index contributed by atoms with van der Waals surface area (Å²) in [4.78, 5) is 9.14. The molecule has 0 saturated carbocycles. The van der Waals surface area contributed by atoms with Gasteiger partial charge in [-0.1, -0.05) is 13.8 Å². The highest BCUT2D eigenvalue weighted by Crippen LogP contribution is 2.25. The summed E-state index contributed by atoms with van der Waals surface area (Å²) in [5.74, 6) is 2.21. The molecule has 2 heterocycles. The van der Waals surface area contributed by atoms with Crippen LogP contribution in [0.4, 0.5) is 5.82 Å². The van der Waals surface area contributed by atoms with Gasteiger partial charge in [0.2, 0.25) is 0 Å². The minimum atomic E-state index is 0.631. The van der Waals surface area contributed by atoms with Gasteiger partial charge in [0.15, 0.2) is 16.3 Å². The van der Waals surface area contributed by atoms with Crippen LogP contribution in [0.3, 0.4) is 0 Å². The van der Waals surface area contributed by atoms with Crippen molar-refractivity contribution in [1.82, 2.24) is 9.97 Å². The monoisotopic (exact) mass is 323 g/mol. The van der Waals surface area contributed by atoms with Crippen molar-refractivity contribution in [2.75, 3.05) is 11.9 Å². The molecule has 0 spiro atoms. The molecular formula is C14H18BrN3O. The fourth-order valence-corrected chi connectivity index (χ4v) is 2.17. The molecule has 2 rings (SSSR count). The molecular weight excluding hydrogens is 306 g/mol. The molecule has 0 bridgehead atoms. The Morgan fingerprint density at radius 2 is 2.05 bits per heavy atom. The summed E-state index contributed by atoms with van der Waals surface area (Å²) in [5.41, 5.74) is 2.17. The molecule has 0 aromatic carbocycles. The van der Waals surface area contributed by atoms with E-state index < -0.39 is 0 Å². The summed E-state index contributed by atoms with van der Waals surface area (Å²) in [7, 11) is 0. The minimum absolute atomic E-state index is 0.631. The van der Waals surface area contributed by atoms with Crippen molar-refractivity contribution < 1.29 is 4.42 Å². The Balaban J connectivity index is 2.44. The van der Waals surface area contributed by atoms with Crippen molar-refractivity contribution in [2.24, 2.45) is 0 Å². The molecule has 0 aliphatic heterocycles. The van der Waals surface area contributed by atoms with Crippen LogP contribution in [0.1, 0.15) is 31.5 Å². The van der Waals surface area contributed by atoms with Crippen LogP contribution in [0.5, 0.6) is 0 Å². The molecule has 4 nitrogen and oxygen atoms in total. The largest absolute Gasteiger partial charge is 0.446 e. The number of anilines is 1. The van der Waals surface area contributed by atoms with Gasteiger partial charge in [-0.3, -0.25) is 0 Å². The molecule has 5 heteroatoms. The lowest BCUT2D eigenvalue weighted by atomic mass is 10.2. The Labute approximate surface area is 121 Å². The molecule has 2 aromatic heterocycles. The van der Waals surface area contributed by atoms with E-state index in [0.29, 0.717) is 16.3 Å². The maximum Gasteiger partial charge on any atom is 0.197 e. The SMILES string of the molecule is CCCNc1nc(-c2ccc(Br)o2)nc(CC)c1C. The molecule has 102 valence electrons. The van der Waals surface area contributed by atoms with Gasteiger partial charge < -0.3 is 9.73 Å². The predicted octanol–water partition coefficient (Wildman–Crippen LogP) is 4.19. The van der Waals surface area contributed by atoms with Crippen molar-refractivity contribution in [3.8, 4) is 11.6 Å². The molecule has 0 aliphatic rings. The van der Waals surface area contributed by atoms with Crippen LogP contribution in [-0.4, -0.2) is 16.5 Å². The molecule has 0 atom stereocenters. The van der Waals surface area contributed by atoms with Gasteiger partial charge in [0, 0.05) is 17.8 Å². The van der Waals surface area contributed by atoms with Crippen LogP contribution in [0, 0.1) is 6.92 Å². The lowest BCUT2D eigenvalue weighted by molar-refractivity contribution is 0.551. The second kappa shape index (κ2) is 6.19. The van der Waals surface area contributed by atoms with Crippen LogP contribution in [0.25, 0.3) is 11.6 Å². The van der Waals surface area contributed by atoms with E-state index in [9.17, 15) is 0 Å². The van der Waals surface area contributed by atoms with E-state index in [1.807, 2.05) is 12.1 Å². The van der Waals surface area contributed by atoms with Gasteiger partial charge in [0.1, 0.15) is 5.82 Å². The van der Waals surface area contributed by atoms with Gasteiger partial charge >= 0.3 is 0 Å². The fourth-order valence-electron chi connectivity index (χ4n) is 1.87. The third-order valence-corrected chi connectivity index (χ3v) is 3.34. The lowest BCUT2D eigenvalue weighted by Crippen LogP contribution is -2.08. The average Bonchev–Trinajstić information content (AvgIpc) is 2.84. The highest BCUT2D eigenvalue weighted by molar-refractivity contribution is 9.10. The Morgan fingerprint density at radius 1 is 1.26 bits per heavy atom. The Bertz CT molecular complexity index is 566. The number of furan rings is 1. The zero-order chi connectivity index (χ0) is 13.8. The van der Waals surface area contributed by atoms with Crippen molar-refractivity contribution in [1.29, 1.82) is 0 Å². The smallest absolute Gasteiger partial charge is 0.197 e. The molecule has 0 unspecified atom stereocenters. The van der Waals surface area contributed by atoms with E-state index in [4.69, 9.17) is 4.42 Å². The normalized spacial score (nSPS) is 10.7. The number of halogens is 1. The first-order valence-electron chi connectivity index (χ1n) is 6.52. The van der Waals surface area contributed by atoms with Gasteiger partial charge in [-0.05, 0) is 47.8 Å². The van der Waals surface area contributed by atoms with E-state index >= 15 is 0 Å². The van der Waals surface area contributed by atoms with E-state index in [0.717, 1.165) is 36.5 Å². The highest BCUT2D eigenvalue weighted by atomic mass is 79.9. The summed E-state index contributed by atoms with van der Waals surface area (Å²) in [5, 5.41) is 3.35. The van der Waals surface area contributed by atoms with Gasteiger partial charge in [0.25, 0.3) is 0 Å². The zero-order valence-corrected chi connectivity index (χ0v) is 13.0. The van der Waals surface area contributed by atoms with Crippen LogP contribution in [0.2, 0.25) is 0 Å². The number of hydrogen-bond donors (Lipinski definition) is 1. The molecule has 2 aromatic rings. The molecule has 1 N–H and O–H groups in total.